The van der Waals surface area contributed by atoms with Crippen LogP contribution < -0.4 is 5.32 Å². The Morgan fingerprint density at radius 1 is 1.15 bits per heavy atom. The summed E-state index contributed by atoms with van der Waals surface area (Å²) in [7, 11) is 1.62. The number of hydrogen-bond donors (Lipinski definition) is 1. The van der Waals surface area contributed by atoms with Gasteiger partial charge in [0.15, 0.2) is 17.5 Å². The van der Waals surface area contributed by atoms with Gasteiger partial charge in [-0.1, -0.05) is 24.4 Å². The van der Waals surface area contributed by atoms with E-state index in [0.29, 0.717) is 4.88 Å². The van der Waals surface area contributed by atoms with E-state index in [9.17, 15) is 13.2 Å². The smallest absolute Gasteiger partial charge is 0.194 e. The van der Waals surface area contributed by atoms with Crippen molar-refractivity contribution in [1.29, 1.82) is 0 Å². The minimum atomic E-state index is -1.47. The zero-order chi connectivity index (χ0) is 14.9. The maximum Gasteiger partial charge on any atom is 0.194 e. The lowest BCUT2D eigenvalue weighted by Crippen LogP contribution is -2.20. The van der Waals surface area contributed by atoms with Crippen LogP contribution in [0, 0.1) is 17.5 Å². The van der Waals surface area contributed by atoms with Crippen molar-refractivity contribution >= 4 is 11.5 Å². The molecule has 0 spiro atoms. The first-order chi connectivity index (χ1) is 9.47. The maximum absolute atomic E-state index is 13.9. The molecule has 1 N–H and O–H groups in total. The molecule has 1 aromatic carbocycles. The molecule has 0 aliphatic carbocycles. The Balaban J connectivity index is 2.53. The van der Waals surface area contributed by atoms with Gasteiger partial charge in [-0.25, -0.2) is 13.2 Å². The van der Waals surface area contributed by atoms with Crippen LogP contribution >= 0.6 is 11.5 Å². The van der Waals surface area contributed by atoms with Gasteiger partial charge in [-0.05, 0) is 30.6 Å². The summed E-state index contributed by atoms with van der Waals surface area (Å²) in [5.74, 6) is -3.75. The quantitative estimate of drug-likeness (QED) is 0.880. The molecule has 0 bridgehead atoms. The fraction of sp³-hybridized carbons (Fsp3) is 0.385. The number of nitrogens with zero attached hydrogens (tertiary/aromatic N) is 2. The summed E-state index contributed by atoms with van der Waals surface area (Å²) >= 11 is 1.12. The minimum Gasteiger partial charge on any atom is -0.308 e. The Morgan fingerprint density at radius 3 is 2.45 bits per heavy atom. The second kappa shape index (κ2) is 5.88. The molecular weight excluding hydrogens is 287 g/mol. The monoisotopic (exact) mass is 301 g/mol. The van der Waals surface area contributed by atoms with Gasteiger partial charge in [0.2, 0.25) is 0 Å². The van der Waals surface area contributed by atoms with Gasteiger partial charge >= 0.3 is 0 Å². The van der Waals surface area contributed by atoms with E-state index >= 15 is 0 Å². The molecule has 1 atom stereocenters. The van der Waals surface area contributed by atoms with Gasteiger partial charge in [0, 0.05) is 5.56 Å². The number of hydrogen-bond acceptors (Lipinski definition) is 4. The van der Waals surface area contributed by atoms with E-state index in [0.717, 1.165) is 23.3 Å². The number of aromatic nitrogens is 2. The molecule has 7 heteroatoms. The molecule has 2 aromatic rings. The first kappa shape index (κ1) is 14.9. The predicted octanol–water partition coefficient (Wildman–Crippen LogP) is 3.39. The Hall–Kier alpha value is -1.47. The Kier molecular flexibility index (Phi) is 4.39. The van der Waals surface area contributed by atoms with Gasteiger partial charge in [0.05, 0.1) is 16.6 Å². The van der Waals surface area contributed by atoms with E-state index in [1.54, 1.807) is 7.05 Å². The summed E-state index contributed by atoms with van der Waals surface area (Å²) < 4.78 is 44.2. The lowest BCUT2D eigenvalue weighted by Gasteiger charge is -2.18. The van der Waals surface area contributed by atoms with Crippen molar-refractivity contribution in [2.24, 2.45) is 0 Å². The second-order valence-electron chi connectivity index (χ2n) is 4.66. The maximum atomic E-state index is 13.9. The molecule has 0 radical (unpaired) electrons. The van der Waals surface area contributed by atoms with Gasteiger partial charge in [0.1, 0.15) is 0 Å². The van der Waals surface area contributed by atoms with Gasteiger partial charge < -0.3 is 5.32 Å². The molecule has 1 heterocycles. The van der Waals surface area contributed by atoms with E-state index in [1.807, 2.05) is 13.8 Å². The highest BCUT2D eigenvalue weighted by Gasteiger charge is 2.26. The van der Waals surface area contributed by atoms with Gasteiger partial charge in [-0.2, -0.15) is 0 Å². The van der Waals surface area contributed by atoms with E-state index < -0.39 is 23.5 Å². The third-order valence-electron chi connectivity index (χ3n) is 3.01. The van der Waals surface area contributed by atoms with Crippen molar-refractivity contribution in [2.45, 2.75) is 25.8 Å². The molecule has 1 unspecified atom stereocenters. The normalized spacial score (nSPS) is 12.9. The fourth-order valence-electron chi connectivity index (χ4n) is 2.00. The molecule has 108 valence electrons. The summed E-state index contributed by atoms with van der Waals surface area (Å²) in [5.41, 5.74) is 0.762. The van der Waals surface area contributed by atoms with Crippen LogP contribution in [-0.4, -0.2) is 16.6 Å². The molecule has 0 fully saturated rings. The Bertz CT molecular complexity index is 613. The van der Waals surface area contributed by atoms with Crippen LogP contribution in [0.3, 0.4) is 0 Å². The standard InChI is InChI=1S/C13H14F3N3S/c1-6(2)11-13(20-19-18-11)12(17-3)7-4-5-8(14)10(16)9(7)15/h4-6,12,17H,1-3H3. The number of nitrogens with one attached hydrogen (secondary N) is 1. The molecular formula is C13H14F3N3S. The average Bonchev–Trinajstić information content (AvgIpc) is 2.89. The predicted molar refractivity (Wildman–Crippen MR) is 71.2 cm³/mol. The zero-order valence-electron chi connectivity index (χ0n) is 11.2. The van der Waals surface area contributed by atoms with E-state index in [2.05, 4.69) is 14.9 Å². The molecule has 20 heavy (non-hydrogen) atoms. The largest absolute Gasteiger partial charge is 0.308 e. The molecule has 0 saturated heterocycles. The summed E-state index contributed by atoms with van der Waals surface area (Å²) in [5, 5.41) is 6.92. The van der Waals surface area contributed by atoms with Crippen molar-refractivity contribution in [3.63, 3.8) is 0 Å². The molecule has 0 saturated carbocycles. The average molecular weight is 301 g/mol. The summed E-state index contributed by atoms with van der Waals surface area (Å²) in [6.45, 7) is 3.88. The van der Waals surface area contributed by atoms with Crippen LogP contribution in [0.5, 0.6) is 0 Å². The Labute approximate surface area is 119 Å². The van der Waals surface area contributed by atoms with Crippen LogP contribution in [0.2, 0.25) is 0 Å². The topological polar surface area (TPSA) is 37.8 Å². The van der Waals surface area contributed by atoms with Gasteiger partial charge in [0.25, 0.3) is 0 Å². The highest BCUT2D eigenvalue weighted by molar-refractivity contribution is 7.05. The molecule has 1 aromatic heterocycles. The summed E-state index contributed by atoms with van der Waals surface area (Å²) in [6.07, 6.45) is 0. The van der Waals surface area contributed by atoms with Crippen molar-refractivity contribution in [2.75, 3.05) is 7.05 Å². The van der Waals surface area contributed by atoms with Gasteiger partial charge in [-0.3, -0.25) is 0 Å². The number of rotatable bonds is 4. The lowest BCUT2D eigenvalue weighted by molar-refractivity contribution is 0.435. The number of benzene rings is 1. The summed E-state index contributed by atoms with van der Waals surface area (Å²) in [4.78, 5) is 0.701. The van der Waals surface area contributed by atoms with Crippen LogP contribution in [-0.2, 0) is 0 Å². The third-order valence-corrected chi connectivity index (χ3v) is 3.82. The molecule has 2 rings (SSSR count). The van der Waals surface area contributed by atoms with Crippen molar-refractivity contribution < 1.29 is 13.2 Å². The van der Waals surface area contributed by atoms with Crippen LogP contribution in [0.1, 0.15) is 41.9 Å². The van der Waals surface area contributed by atoms with E-state index in [4.69, 9.17) is 0 Å². The van der Waals surface area contributed by atoms with Crippen molar-refractivity contribution in [3.8, 4) is 0 Å². The molecule has 0 aliphatic heterocycles. The van der Waals surface area contributed by atoms with Crippen LogP contribution in [0.15, 0.2) is 12.1 Å². The number of halogens is 3. The minimum absolute atomic E-state index is 0.0411. The van der Waals surface area contributed by atoms with E-state index in [-0.39, 0.29) is 11.5 Å². The highest BCUT2D eigenvalue weighted by atomic mass is 32.1. The highest BCUT2D eigenvalue weighted by Crippen LogP contribution is 2.32. The molecule has 0 aliphatic rings. The fourth-order valence-corrected chi connectivity index (χ4v) is 2.93. The third kappa shape index (κ3) is 2.55. The zero-order valence-corrected chi connectivity index (χ0v) is 12.1. The second-order valence-corrected chi connectivity index (χ2v) is 5.45. The summed E-state index contributed by atoms with van der Waals surface area (Å²) in [6, 6.07) is 1.54. The van der Waals surface area contributed by atoms with E-state index in [1.165, 1.54) is 6.07 Å². The Morgan fingerprint density at radius 2 is 1.85 bits per heavy atom. The van der Waals surface area contributed by atoms with Crippen molar-refractivity contribution in [3.05, 3.63) is 45.7 Å². The SMILES string of the molecule is CNC(c1ccc(F)c(F)c1F)c1snnc1C(C)C. The van der Waals surface area contributed by atoms with Crippen LogP contribution in [0.4, 0.5) is 13.2 Å². The first-order valence-electron chi connectivity index (χ1n) is 6.10. The first-order valence-corrected chi connectivity index (χ1v) is 6.87. The molecule has 3 nitrogen and oxygen atoms in total. The van der Waals surface area contributed by atoms with Gasteiger partial charge in [-0.15, -0.1) is 5.10 Å². The van der Waals surface area contributed by atoms with Crippen LogP contribution in [0.25, 0.3) is 0 Å². The van der Waals surface area contributed by atoms with Crippen molar-refractivity contribution in [1.82, 2.24) is 14.9 Å². The lowest BCUT2D eigenvalue weighted by atomic mass is 9.99. The molecule has 0 amide bonds.